The van der Waals surface area contributed by atoms with E-state index in [2.05, 4.69) is 21.3 Å². The number of hydrogen-bond acceptors (Lipinski definition) is 5. The highest BCUT2D eigenvalue weighted by Crippen LogP contribution is 2.44. The Hall–Kier alpha value is -1.76. The zero-order chi connectivity index (χ0) is 18.0. The Morgan fingerprint density at radius 1 is 1.31 bits per heavy atom. The van der Waals surface area contributed by atoms with Gasteiger partial charge in [0.1, 0.15) is 5.60 Å². The number of carbonyl (C=O) groups excluding carboxylic acids is 1. The molecule has 26 heavy (non-hydrogen) atoms. The van der Waals surface area contributed by atoms with Crippen LogP contribution in [-0.4, -0.2) is 54.0 Å². The monoisotopic (exact) mass is 371 g/mol. The van der Waals surface area contributed by atoms with Crippen molar-refractivity contribution < 1.29 is 9.53 Å². The van der Waals surface area contributed by atoms with E-state index in [1.54, 1.807) is 12.4 Å². The van der Waals surface area contributed by atoms with Crippen LogP contribution >= 0.6 is 11.3 Å². The van der Waals surface area contributed by atoms with Gasteiger partial charge >= 0.3 is 0 Å². The lowest BCUT2D eigenvalue weighted by atomic mass is 9.85. The second-order valence-corrected chi connectivity index (χ2v) is 8.19. The first kappa shape index (κ1) is 17.6. The van der Waals surface area contributed by atoms with Crippen LogP contribution in [0.4, 0.5) is 0 Å². The van der Waals surface area contributed by atoms with E-state index in [0.717, 1.165) is 45.5 Å². The Kier molecular flexibility index (Phi) is 5.07. The van der Waals surface area contributed by atoms with Gasteiger partial charge in [-0.2, -0.15) is 0 Å². The number of rotatable bonds is 4. The van der Waals surface area contributed by atoms with E-state index in [0.29, 0.717) is 6.54 Å². The number of likely N-dealkylation sites (N-methyl/N-ethyl adjacent to an activating group) is 1. The third-order valence-corrected chi connectivity index (χ3v) is 6.58. The lowest BCUT2D eigenvalue weighted by Gasteiger charge is -2.44. The minimum Gasteiger partial charge on any atom is -0.369 e. The summed E-state index contributed by atoms with van der Waals surface area (Å²) in [5, 5.41) is 2.17. The molecule has 0 saturated carbocycles. The number of likely N-dealkylation sites (tertiary alicyclic amines) is 1. The maximum atomic E-state index is 12.7. The summed E-state index contributed by atoms with van der Waals surface area (Å²) < 4.78 is 6.24. The van der Waals surface area contributed by atoms with E-state index < -0.39 is 0 Å². The van der Waals surface area contributed by atoms with Gasteiger partial charge in [0.25, 0.3) is 0 Å². The third-order valence-electron chi connectivity index (χ3n) is 5.44. The molecule has 6 heteroatoms. The molecule has 2 aliphatic heterocycles. The van der Waals surface area contributed by atoms with Gasteiger partial charge in [0.15, 0.2) is 0 Å². The summed E-state index contributed by atoms with van der Waals surface area (Å²) in [6.45, 7) is 3.55. The third kappa shape index (κ3) is 3.54. The Morgan fingerprint density at radius 2 is 2.08 bits per heavy atom. The highest BCUT2D eigenvalue weighted by atomic mass is 32.1. The van der Waals surface area contributed by atoms with Crippen molar-refractivity contribution in [3.63, 3.8) is 0 Å². The second kappa shape index (κ2) is 7.47. The maximum absolute atomic E-state index is 12.7. The van der Waals surface area contributed by atoms with Crippen molar-refractivity contribution in [2.75, 3.05) is 33.3 Å². The van der Waals surface area contributed by atoms with Crippen LogP contribution in [0.2, 0.25) is 0 Å². The Morgan fingerprint density at radius 3 is 2.85 bits per heavy atom. The molecule has 2 aromatic heterocycles. The van der Waals surface area contributed by atoms with Crippen molar-refractivity contribution in [1.29, 1.82) is 0 Å². The van der Waals surface area contributed by atoms with Crippen LogP contribution in [0.25, 0.3) is 0 Å². The fourth-order valence-corrected chi connectivity index (χ4v) is 5.20. The van der Waals surface area contributed by atoms with Gasteiger partial charge in [0.2, 0.25) is 5.91 Å². The van der Waals surface area contributed by atoms with E-state index in [4.69, 9.17) is 4.74 Å². The highest BCUT2D eigenvalue weighted by molar-refractivity contribution is 7.10. The summed E-state index contributed by atoms with van der Waals surface area (Å²) >= 11 is 1.81. The molecule has 0 radical (unpaired) electrons. The molecule has 0 bridgehead atoms. The Labute approximate surface area is 158 Å². The highest BCUT2D eigenvalue weighted by Gasteiger charge is 2.42. The SMILES string of the molecule is CN(CC(=O)N1CCC2(CC1)OCCc1ccsc12)Cc1ccncc1. The normalized spacial score (nSPS) is 18.9. The number of hydrogen-bond donors (Lipinski definition) is 0. The number of ether oxygens (including phenoxy) is 1. The largest absolute Gasteiger partial charge is 0.369 e. The minimum atomic E-state index is -0.151. The van der Waals surface area contributed by atoms with Crippen LogP contribution in [0.5, 0.6) is 0 Å². The topological polar surface area (TPSA) is 45.7 Å². The number of thiophene rings is 1. The molecular weight excluding hydrogens is 346 g/mol. The molecule has 0 atom stereocenters. The molecule has 4 rings (SSSR count). The van der Waals surface area contributed by atoms with Crippen LogP contribution in [0.1, 0.15) is 28.8 Å². The molecule has 5 nitrogen and oxygen atoms in total. The molecule has 2 aliphatic rings. The van der Waals surface area contributed by atoms with E-state index in [1.807, 2.05) is 35.4 Å². The van der Waals surface area contributed by atoms with Crippen LogP contribution in [0.15, 0.2) is 36.0 Å². The summed E-state index contributed by atoms with van der Waals surface area (Å²) in [5.41, 5.74) is 2.47. The molecule has 0 aliphatic carbocycles. The molecule has 4 heterocycles. The predicted molar refractivity (Wildman–Crippen MR) is 102 cm³/mol. The van der Waals surface area contributed by atoms with Gasteiger partial charge in [0, 0.05) is 36.9 Å². The molecule has 1 spiro atoms. The number of fused-ring (bicyclic) bond motifs is 2. The molecule has 1 fully saturated rings. The van der Waals surface area contributed by atoms with Crippen molar-refractivity contribution in [3.05, 3.63) is 52.0 Å². The van der Waals surface area contributed by atoms with Crippen molar-refractivity contribution >= 4 is 17.2 Å². The van der Waals surface area contributed by atoms with Gasteiger partial charge < -0.3 is 9.64 Å². The number of nitrogens with zero attached hydrogens (tertiary/aromatic N) is 3. The maximum Gasteiger partial charge on any atom is 0.236 e. The Bertz CT molecular complexity index is 753. The van der Waals surface area contributed by atoms with E-state index in [1.165, 1.54) is 16.0 Å². The van der Waals surface area contributed by atoms with Gasteiger partial charge in [-0.1, -0.05) is 0 Å². The minimum absolute atomic E-state index is 0.151. The molecule has 1 amide bonds. The number of piperidine rings is 1. The van der Waals surface area contributed by atoms with Gasteiger partial charge in [-0.3, -0.25) is 14.7 Å². The standard InChI is InChI=1S/C20H25N3O2S/c1-22(14-16-2-8-21-9-3-16)15-18(24)23-10-6-20(7-11-23)19-17(4-12-25-20)5-13-26-19/h2-3,5,8-9,13H,4,6-7,10-12,14-15H2,1H3. The fraction of sp³-hybridized carbons (Fsp3) is 0.500. The van der Waals surface area contributed by atoms with Gasteiger partial charge in [-0.15, -0.1) is 11.3 Å². The summed E-state index contributed by atoms with van der Waals surface area (Å²) in [6, 6.07) is 6.21. The molecule has 0 N–H and O–H groups in total. The van der Waals surface area contributed by atoms with Crippen LogP contribution in [0.3, 0.4) is 0 Å². The van der Waals surface area contributed by atoms with E-state index in [9.17, 15) is 4.79 Å². The molecule has 0 unspecified atom stereocenters. The number of amides is 1. The van der Waals surface area contributed by atoms with Crippen molar-refractivity contribution in [1.82, 2.24) is 14.8 Å². The molecular formula is C20H25N3O2S. The predicted octanol–water partition coefficient (Wildman–Crippen LogP) is 2.67. The number of carbonyl (C=O) groups is 1. The summed E-state index contributed by atoms with van der Waals surface area (Å²) in [4.78, 5) is 22.2. The lowest BCUT2D eigenvalue weighted by molar-refractivity contribution is -0.141. The lowest BCUT2D eigenvalue weighted by Crippen LogP contribution is -2.49. The molecule has 0 aromatic carbocycles. The summed E-state index contributed by atoms with van der Waals surface area (Å²) in [7, 11) is 1.99. The fourth-order valence-electron chi connectivity index (χ4n) is 4.03. The first-order valence-electron chi connectivity index (χ1n) is 9.22. The first-order valence-corrected chi connectivity index (χ1v) is 10.1. The van der Waals surface area contributed by atoms with Crippen molar-refractivity contribution in [2.45, 2.75) is 31.4 Å². The summed E-state index contributed by atoms with van der Waals surface area (Å²) in [6.07, 6.45) is 6.40. The first-order chi connectivity index (χ1) is 12.7. The van der Waals surface area contributed by atoms with E-state index >= 15 is 0 Å². The quantitative estimate of drug-likeness (QED) is 0.829. The van der Waals surface area contributed by atoms with Gasteiger partial charge in [-0.25, -0.2) is 0 Å². The molecule has 2 aromatic rings. The summed E-state index contributed by atoms with van der Waals surface area (Å²) in [5.74, 6) is 0.207. The average Bonchev–Trinajstić information content (AvgIpc) is 3.13. The van der Waals surface area contributed by atoms with Crippen molar-refractivity contribution in [2.24, 2.45) is 0 Å². The zero-order valence-electron chi connectivity index (χ0n) is 15.2. The van der Waals surface area contributed by atoms with Gasteiger partial charge in [0.05, 0.1) is 13.2 Å². The smallest absolute Gasteiger partial charge is 0.236 e. The van der Waals surface area contributed by atoms with Crippen LogP contribution in [-0.2, 0) is 28.1 Å². The van der Waals surface area contributed by atoms with Gasteiger partial charge in [-0.05, 0) is 61.0 Å². The molecule has 138 valence electrons. The van der Waals surface area contributed by atoms with Crippen LogP contribution < -0.4 is 0 Å². The number of pyridine rings is 1. The van der Waals surface area contributed by atoms with E-state index in [-0.39, 0.29) is 11.5 Å². The second-order valence-electron chi connectivity index (χ2n) is 7.28. The Balaban J connectivity index is 1.33. The zero-order valence-corrected chi connectivity index (χ0v) is 16.0. The van der Waals surface area contributed by atoms with Crippen LogP contribution in [0, 0.1) is 0 Å². The number of aromatic nitrogens is 1. The van der Waals surface area contributed by atoms with Crippen molar-refractivity contribution in [3.8, 4) is 0 Å². The average molecular weight is 372 g/mol. The molecule has 1 saturated heterocycles.